The molecule has 1 aromatic heterocycles. The van der Waals surface area contributed by atoms with Crippen LogP contribution in [0.2, 0.25) is 0 Å². The van der Waals surface area contributed by atoms with Crippen molar-refractivity contribution in [2.75, 3.05) is 0 Å². The van der Waals surface area contributed by atoms with E-state index in [2.05, 4.69) is 10.3 Å². The van der Waals surface area contributed by atoms with E-state index in [1.165, 1.54) is 12.1 Å². The van der Waals surface area contributed by atoms with Crippen LogP contribution < -0.4 is 5.32 Å². The summed E-state index contributed by atoms with van der Waals surface area (Å²) in [6.45, 7) is 1.63. The zero-order chi connectivity index (χ0) is 15.7. The number of aromatic nitrogens is 1. The average Bonchev–Trinajstić information content (AvgIpc) is 2.73. The van der Waals surface area contributed by atoms with Crippen LogP contribution in [0.4, 0.5) is 9.18 Å². The normalized spacial score (nSPS) is 21.1. The number of imide groups is 1. The van der Waals surface area contributed by atoms with Gasteiger partial charge in [-0.15, -0.1) is 0 Å². The van der Waals surface area contributed by atoms with Crippen molar-refractivity contribution in [3.05, 3.63) is 65.7 Å². The average molecular weight is 299 g/mol. The third kappa shape index (κ3) is 2.32. The molecule has 0 radical (unpaired) electrons. The number of carbonyl (C=O) groups is 2. The standard InChI is InChI=1S/C16H14FN3O2/c1-16(13-7-2-3-8-18-13)14(21)20(15(22)19-16)10-11-5-4-6-12(17)9-11/h2-9H,10H2,1H3,(H,19,22). The van der Waals surface area contributed by atoms with E-state index in [-0.39, 0.29) is 6.54 Å². The number of hydrogen-bond donors (Lipinski definition) is 1. The van der Waals surface area contributed by atoms with E-state index in [0.29, 0.717) is 11.3 Å². The highest BCUT2D eigenvalue weighted by Gasteiger charge is 2.49. The molecule has 1 aliphatic heterocycles. The van der Waals surface area contributed by atoms with Gasteiger partial charge in [-0.3, -0.25) is 14.7 Å². The van der Waals surface area contributed by atoms with Gasteiger partial charge in [0.1, 0.15) is 5.82 Å². The van der Waals surface area contributed by atoms with Crippen molar-refractivity contribution in [2.45, 2.75) is 19.0 Å². The Balaban J connectivity index is 1.89. The van der Waals surface area contributed by atoms with E-state index in [0.717, 1.165) is 4.90 Å². The molecule has 0 bridgehead atoms. The topological polar surface area (TPSA) is 62.3 Å². The number of carbonyl (C=O) groups excluding carboxylic acids is 2. The molecule has 1 saturated heterocycles. The van der Waals surface area contributed by atoms with E-state index >= 15 is 0 Å². The zero-order valence-electron chi connectivity index (χ0n) is 11.9. The summed E-state index contributed by atoms with van der Waals surface area (Å²) >= 11 is 0. The molecule has 3 rings (SSSR count). The number of benzene rings is 1. The first-order valence-corrected chi connectivity index (χ1v) is 6.81. The van der Waals surface area contributed by atoms with Crippen molar-refractivity contribution in [1.82, 2.24) is 15.2 Å². The number of amides is 3. The molecule has 1 N–H and O–H groups in total. The largest absolute Gasteiger partial charge is 0.325 e. The van der Waals surface area contributed by atoms with Gasteiger partial charge in [-0.2, -0.15) is 0 Å². The van der Waals surface area contributed by atoms with Crippen LogP contribution >= 0.6 is 0 Å². The molecule has 2 heterocycles. The van der Waals surface area contributed by atoms with E-state index in [4.69, 9.17) is 0 Å². The number of halogens is 1. The predicted molar refractivity (Wildman–Crippen MR) is 77.1 cm³/mol. The third-order valence-electron chi connectivity index (χ3n) is 3.68. The molecule has 2 aromatic rings. The molecular formula is C16H14FN3O2. The summed E-state index contributed by atoms with van der Waals surface area (Å²) in [5.41, 5.74) is -0.185. The number of urea groups is 1. The van der Waals surface area contributed by atoms with Crippen LogP contribution in [0, 0.1) is 5.82 Å². The number of hydrogen-bond acceptors (Lipinski definition) is 3. The predicted octanol–water partition coefficient (Wildman–Crippen LogP) is 2.19. The van der Waals surface area contributed by atoms with Crippen molar-refractivity contribution in [2.24, 2.45) is 0 Å². The van der Waals surface area contributed by atoms with Crippen molar-refractivity contribution < 1.29 is 14.0 Å². The van der Waals surface area contributed by atoms with Crippen LogP contribution in [0.3, 0.4) is 0 Å². The third-order valence-corrected chi connectivity index (χ3v) is 3.68. The van der Waals surface area contributed by atoms with E-state index in [1.807, 2.05) is 0 Å². The molecule has 3 amide bonds. The summed E-state index contributed by atoms with van der Waals surface area (Å²) in [4.78, 5) is 30.0. The highest BCUT2D eigenvalue weighted by Crippen LogP contribution is 2.28. The first-order valence-electron chi connectivity index (χ1n) is 6.81. The molecule has 6 heteroatoms. The Morgan fingerprint density at radius 2 is 2.05 bits per heavy atom. The van der Waals surface area contributed by atoms with Crippen molar-refractivity contribution in [3.63, 3.8) is 0 Å². The molecule has 22 heavy (non-hydrogen) atoms. The van der Waals surface area contributed by atoms with Crippen LogP contribution in [0.5, 0.6) is 0 Å². The summed E-state index contributed by atoms with van der Waals surface area (Å²) in [6, 6.07) is 10.5. The zero-order valence-corrected chi connectivity index (χ0v) is 11.9. The van der Waals surface area contributed by atoms with Gasteiger partial charge in [-0.1, -0.05) is 18.2 Å². The maximum absolute atomic E-state index is 13.2. The molecule has 5 nitrogen and oxygen atoms in total. The molecule has 112 valence electrons. The van der Waals surface area contributed by atoms with Crippen molar-refractivity contribution >= 4 is 11.9 Å². The van der Waals surface area contributed by atoms with Crippen LogP contribution in [0.1, 0.15) is 18.2 Å². The summed E-state index contributed by atoms with van der Waals surface area (Å²) in [5, 5.41) is 2.66. The van der Waals surface area contributed by atoms with Gasteiger partial charge in [0.25, 0.3) is 5.91 Å². The fourth-order valence-electron chi connectivity index (χ4n) is 2.49. The van der Waals surface area contributed by atoms with Crippen LogP contribution in [-0.2, 0) is 16.9 Å². The molecule has 0 spiro atoms. The Morgan fingerprint density at radius 1 is 1.23 bits per heavy atom. The number of rotatable bonds is 3. The SMILES string of the molecule is CC1(c2ccccn2)NC(=O)N(Cc2cccc(F)c2)C1=O. The molecule has 1 atom stereocenters. The second kappa shape index (κ2) is 5.22. The first-order chi connectivity index (χ1) is 10.5. The van der Waals surface area contributed by atoms with Crippen LogP contribution in [0.25, 0.3) is 0 Å². The highest BCUT2D eigenvalue weighted by molar-refractivity contribution is 6.06. The number of nitrogens with zero attached hydrogens (tertiary/aromatic N) is 2. The summed E-state index contributed by atoms with van der Waals surface area (Å²) in [6.07, 6.45) is 1.56. The molecular weight excluding hydrogens is 285 g/mol. The van der Waals surface area contributed by atoms with Gasteiger partial charge in [0.05, 0.1) is 12.2 Å². The quantitative estimate of drug-likeness (QED) is 0.884. The van der Waals surface area contributed by atoms with E-state index < -0.39 is 23.3 Å². The monoisotopic (exact) mass is 299 g/mol. The Morgan fingerprint density at radius 3 is 2.73 bits per heavy atom. The van der Waals surface area contributed by atoms with Gasteiger partial charge >= 0.3 is 6.03 Å². The minimum atomic E-state index is -1.20. The minimum Gasteiger partial charge on any atom is -0.318 e. The fourth-order valence-corrected chi connectivity index (χ4v) is 2.49. The molecule has 1 unspecified atom stereocenters. The van der Waals surface area contributed by atoms with Gasteiger partial charge in [0, 0.05) is 6.20 Å². The summed E-state index contributed by atoms with van der Waals surface area (Å²) in [5.74, 6) is -0.808. The van der Waals surface area contributed by atoms with Crippen LogP contribution in [0.15, 0.2) is 48.7 Å². The minimum absolute atomic E-state index is 0.0187. The Labute approximate surface area is 126 Å². The molecule has 1 aliphatic rings. The smallest absolute Gasteiger partial charge is 0.318 e. The number of nitrogens with one attached hydrogen (secondary N) is 1. The van der Waals surface area contributed by atoms with Crippen LogP contribution in [-0.4, -0.2) is 21.8 Å². The van der Waals surface area contributed by atoms with Gasteiger partial charge < -0.3 is 5.32 Å². The Hall–Kier alpha value is -2.76. The summed E-state index contributed by atoms with van der Waals surface area (Å²) in [7, 11) is 0. The lowest BCUT2D eigenvalue weighted by Crippen LogP contribution is -2.41. The molecule has 1 fully saturated rings. The van der Waals surface area contributed by atoms with Crippen molar-refractivity contribution in [3.8, 4) is 0 Å². The highest BCUT2D eigenvalue weighted by atomic mass is 19.1. The lowest BCUT2D eigenvalue weighted by atomic mass is 9.97. The lowest BCUT2D eigenvalue weighted by molar-refractivity contribution is -0.131. The van der Waals surface area contributed by atoms with E-state index in [9.17, 15) is 14.0 Å². The summed E-state index contributed by atoms with van der Waals surface area (Å²) < 4.78 is 13.2. The molecule has 0 saturated carbocycles. The number of pyridine rings is 1. The maximum atomic E-state index is 13.2. The first kappa shape index (κ1) is 14.2. The second-order valence-electron chi connectivity index (χ2n) is 5.29. The molecule has 1 aromatic carbocycles. The second-order valence-corrected chi connectivity index (χ2v) is 5.29. The van der Waals surface area contributed by atoms with Gasteiger partial charge in [-0.05, 0) is 36.8 Å². The Kier molecular flexibility index (Phi) is 3.36. The van der Waals surface area contributed by atoms with Crippen molar-refractivity contribution in [1.29, 1.82) is 0 Å². The van der Waals surface area contributed by atoms with E-state index in [1.54, 1.807) is 43.5 Å². The van der Waals surface area contributed by atoms with Gasteiger partial charge in [-0.25, -0.2) is 9.18 Å². The maximum Gasteiger partial charge on any atom is 0.325 e. The fraction of sp³-hybridized carbons (Fsp3) is 0.188. The van der Waals surface area contributed by atoms with Gasteiger partial charge in [0.15, 0.2) is 5.54 Å². The lowest BCUT2D eigenvalue weighted by Gasteiger charge is -2.20. The molecule has 0 aliphatic carbocycles. The van der Waals surface area contributed by atoms with Gasteiger partial charge in [0.2, 0.25) is 0 Å². The Bertz CT molecular complexity index is 735.